The smallest absolute Gasteiger partial charge is 0.222 e. The van der Waals surface area contributed by atoms with Crippen molar-refractivity contribution in [1.29, 1.82) is 0 Å². The molecule has 2 unspecified atom stereocenters. The number of nitrogens with two attached hydrogens (primary N) is 1. The highest BCUT2D eigenvalue weighted by molar-refractivity contribution is 5.85. The molecule has 1 saturated heterocycles. The van der Waals surface area contributed by atoms with Gasteiger partial charge in [0.1, 0.15) is 0 Å². The maximum atomic E-state index is 12.3. The first-order valence-electron chi connectivity index (χ1n) is 7.73. The Morgan fingerprint density at radius 3 is 2.47 bits per heavy atom. The van der Waals surface area contributed by atoms with Crippen LogP contribution in [0.1, 0.15) is 64.7 Å². The number of rotatable bonds is 4. The summed E-state index contributed by atoms with van der Waals surface area (Å²) >= 11 is 0. The molecule has 2 rings (SSSR count). The molecule has 0 bridgehead atoms. The molecule has 112 valence electrons. The van der Waals surface area contributed by atoms with Gasteiger partial charge < -0.3 is 10.6 Å². The number of carbonyl (C=O) groups excluding carboxylic acids is 1. The summed E-state index contributed by atoms with van der Waals surface area (Å²) in [5.74, 6) is 1.16. The molecule has 2 aliphatic rings. The molecular formula is C15H29ClN2O. The molecule has 1 aliphatic heterocycles. The number of piperidine rings is 1. The van der Waals surface area contributed by atoms with E-state index in [-0.39, 0.29) is 24.5 Å². The summed E-state index contributed by atoms with van der Waals surface area (Å²) in [7, 11) is 0. The average molecular weight is 289 g/mol. The SMILES string of the molecule is CC(N)C1CCCCN1C(=O)CCC1CCCC1.Cl. The average Bonchev–Trinajstić information content (AvgIpc) is 2.89. The van der Waals surface area contributed by atoms with Crippen molar-refractivity contribution in [3.05, 3.63) is 0 Å². The fourth-order valence-corrected chi connectivity index (χ4v) is 3.58. The van der Waals surface area contributed by atoms with Crippen LogP contribution in [0, 0.1) is 5.92 Å². The van der Waals surface area contributed by atoms with Crippen molar-refractivity contribution in [1.82, 2.24) is 4.90 Å². The van der Waals surface area contributed by atoms with E-state index in [0.29, 0.717) is 5.91 Å². The summed E-state index contributed by atoms with van der Waals surface area (Å²) < 4.78 is 0. The predicted molar refractivity (Wildman–Crippen MR) is 81.4 cm³/mol. The minimum atomic E-state index is 0. The largest absolute Gasteiger partial charge is 0.338 e. The number of amides is 1. The van der Waals surface area contributed by atoms with E-state index in [1.165, 1.54) is 32.1 Å². The number of hydrogen-bond acceptors (Lipinski definition) is 2. The Hall–Kier alpha value is -0.280. The van der Waals surface area contributed by atoms with Gasteiger partial charge in [0.05, 0.1) is 0 Å². The first-order valence-corrected chi connectivity index (χ1v) is 7.73. The van der Waals surface area contributed by atoms with Crippen molar-refractivity contribution < 1.29 is 4.79 Å². The van der Waals surface area contributed by atoms with E-state index < -0.39 is 0 Å². The highest BCUT2D eigenvalue weighted by Gasteiger charge is 2.29. The number of likely N-dealkylation sites (tertiary alicyclic amines) is 1. The van der Waals surface area contributed by atoms with Gasteiger partial charge in [0, 0.05) is 25.0 Å². The maximum Gasteiger partial charge on any atom is 0.222 e. The van der Waals surface area contributed by atoms with Crippen molar-refractivity contribution in [3.8, 4) is 0 Å². The first kappa shape index (κ1) is 16.8. The quantitative estimate of drug-likeness (QED) is 0.864. The Bertz CT molecular complexity index is 277. The van der Waals surface area contributed by atoms with Crippen LogP contribution in [0.15, 0.2) is 0 Å². The van der Waals surface area contributed by atoms with Gasteiger partial charge >= 0.3 is 0 Å². The molecule has 2 N–H and O–H groups in total. The van der Waals surface area contributed by atoms with Crippen LogP contribution >= 0.6 is 12.4 Å². The van der Waals surface area contributed by atoms with Gasteiger partial charge in [0.2, 0.25) is 5.91 Å². The molecule has 0 spiro atoms. The van der Waals surface area contributed by atoms with Gasteiger partial charge in [-0.25, -0.2) is 0 Å². The third kappa shape index (κ3) is 4.64. The monoisotopic (exact) mass is 288 g/mol. The molecular weight excluding hydrogens is 260 g/mol. The van der Waals surface area contributed by atoms with Crippen LogP contribution in [-0.4, -0.2) is 29.4 Å². The van der Waals surface area contributed by atoms with Gasteiger partial charge in [0.15, 0.2) is 0 Å². The zero-order valence-electron chi connectivity index (χ0n) is 12.1. The highest BCUT2D eigenvalue weighted by atomic mass is 35.5. The molecule has 2 fully saturated rings. The molecule has 3 nitrogen and oxygen atoms in total. The van der Waals surface area contributed by atoms with E-state index >= 15 is 0 Å². The van der Waals surface area contributed by atoms with Crippen molar-refractivity contribution >= 4 is 18.3 Å². The molecule has 0 radical (unpaired) electrons. The van der Waals surface area contributed by atoms with Gasteiger partial charge in [-0.3, -0.25) is 4.79 Å². The van der Waals surface area contributed by atoms with E-state index in [0.717, 1.165) is 38.1 Å². The van der Waals surface area contributed by atoms with E-state index in [9.17, 15) is 4.79 Å². The van der Waals surface area contributed by atoms with Crippen molar-refractivity contribution in [3.63, 3.8) is 0 Å². The minimum Gasteiger partial charge on any atom is -0.338 e. The summed E-state index contributed by atoms with van der Waals surface area (Å²) in [6.07, 6.45) is 10.7. The summed E-state index contributed by atoms with van der Waals surface area (Å²) in [6, 6.07) is 0.399. The molecule has 4 heteroatoms. The molecule has 1 saturated carbocycles. The van der Waals surface area contributed by atoms with Crippen LogP contribution < -0.4 is 5.73 Å². The van der Waals surface area contributed by atoms with Gasteiger partial charge in [-0.05, 0) is 38.5 Å². The normalized spacial score (nSPS) is 26.0. The Labute approximate surface area is 123 Å². The summed E-state index contributed by atoms with van der Waals surface area (Å²) in [4.78, 5) is 14.4. The molecule has 19 heavy (non-hydrogen) atoms. The molecule has 1 heterocycles. The second kappa shape index (κ2) is 8.11. The predicted octanol–water partition coefficient (Wildman–Crippen LogP) is 3.11. The first-order chi connectivity index (χ1) is 8.68. The molecule has 0 aromatic rings. The second-order valence-corrected chi connectivity index (χ2v) is 6.20. The van der Waals surface area contributed by atoms with Gasteiger partial charge in [-0.15, -0.1) is 12.4 Å². The van der Waals surface area contributed by atoms with Gasteiger partial charge in [-0.1, -0.05) is 25.7 Å². The molecule has 1 amide bonds. The van der Waals surface area contributed by atoms with E-state index in [4.69, 9.17) is 5.73 Å². The Balaban J connectivity index is 0.00000180. The van der Waals surface area contributed by atoms with Crippen LogP contribution in [-0.2, 0) is 4.79 Å². The van der Waals surface area contributed by atoms with Crippen LogP contribution in [0.3, 0.4) is 0 Å². The summed E-state index contributed by atoms with van der Waals surface area (Å²) in [5, 5.41) is 0. The number of carbonyl (C=O) groups is 1. The van der Waals surface area contributed by atoms with Crippen molar-refractivity contribution in [2.24, 2.45) is 11.7 Å². The zero-order valence-corrected chi connectivity index (χ0v) is 13.0. The lowest BCUT2D eigenvalue weighted by Gasteiger charge is -2.38. The molecule has 1 aliphatic carbocycles. The van der Waals surface area contributed by atoms with Gasteiger partial charge in [-0.2, -0.15) is 0 Å². The molecule has 2 atom stereocenters. The van der Waals surface area contributed by atoms with E-state index in [1.807, 2.05) is 6.92 Å². The second-order valence-electron chi connectivity index (χ2n) is 6.20. The Morgan fingerprint density at radius 2 is 1.84 bits per heavy atom. The topological polar surface area (TPSA) is 46.3 Å². The fraction of sp³-hybridized carbons (Fsp3) is 0.933. The number of halogens is 1. The highest BCUT2D eigenvalue weighted by Crippen LogP contribution is 2.29. The lowest BCUT2D eigenvalue weighted by Crippen LogP contribution is -2.51. The van der Waals surface area contributed by atoms with Crippen LogP contribution in [0.4, 0.5) is 0 Å². The number of nitrogens with zero attached hydrogens (tertiary/aromatic N) is 1. The lowest BCUT2D eigenvalue weighted by molar-refractivity contribution is -0.135. The molecule has 0 aromatic carbocycles. The van der Waals surface area contributed by atoms with Crippen molar-refractivity contribution in [2.45, 2.75) is 76.8 Å². The van der Waals surface area contributed by atoms with Crippen LogP contribution in [0.2, 0.25) is 0 Å². The Kier molecular flexibility index (Phi) is 7.16. The standard InChI is InChI=1S/C15H28N2O.ClH/c1-12(16)14-8-4-5-11-17(14)15(18)10-9-13-6-2-3-7-13;/h12-14H,2-11,16H2,1H3;1H. The van der Waals surface area contributed by atoms with E-state index in [2.05, 4.69) is 4.90 Å². The van der Waals surface area contributed by atoms with Crippen LogP contribution in [0.5, 0.6) is 0 Å². The van der Waals surface area contributed by atoms with Gasteiger partial charge in [0.25, 0.3) is 0 Å². The third-order valence-electron chi connectivity index (χ3n) is 4.72. The maximum absolute atomic E-state index is 12.3. The zero-order chi connectivity index (χ0) is 13.0. The van der Waals surface area contributed by atoms with Crippen LogP contribution in [0.25, 0.3) is 0 Å². The Morgan fingerprint density at radius 1 is 1.21 bits per heavy atom. The van der Waals surface area contributed by atoms with E-state index in [1.54, 1.807) is 0 Å². The summed E-state index contributed by atoms with van der Waals surface area (Å²) in [5.41, 5.74) is 6.02. The number of hydrogen-bond donors (Lipinski definition) is 1. The lowest BCUT2D eigenvalue weighted by atomic mass is 9.95. The minimum absolute atomic E-state index is 0. The summed E-state index contributed by atoms with van der Waals surface area (Å²) in [6.45, 7) is 2.96. The van der Waals surface area contributed by atoms with Crippen molar-refractivity contribution in [2.75, 3.05) is 6.54 Å². The molecule has 0 aromatic heterocycles. The fourth-order valence-electron chi connectivity index (χ4n) is 3.58. The third-order valence-corrected chi connectivity index (χ3v) is 4.72.